The summed E-state index contributed by atoms with van der Waals surface area (Å²) < 4.78 is 1.13. The van der Waals surface area contributed by atoms with E-state index in [-0.39, 0.29) is 0 Å². The number of hydrogen-bond donors (Lipinski definition) is 1. The molecule has 1 N–H and O–H groups in total. The lowest BCUT2D eigenvalue weighted by Gasteiger charge is -2.32. The number of benzene rings is 2. The molecule has 3 rings (SSSR count). The van der Waals surface area contributed by atoms with Crippen molar-refractivity contribution in [3.8, 4) is 0 Å². The summed E-state index contributed by atoms with van der Waals surface area (Å²) in [7, 11) is 0. The molecule has 22 heavy (non-hydrogen) atoms. The summed E-state index contributed by atoms with van der Waals surface area (Å²) in [5.41, 5.74) is 2.63. The highest BCUT2D eigenvalue weighted by atomic mass is 79.9. The Morgan fingerprint density at radius 2 is 1.77 bits per heavy atom. The Bertz CT molecular complexity index is 577. The second-order valence-corrected chi connectivity index (χ2v) is 7.01. The van der Waals surface area contributed by atoms with E-state index in [4.69, 9.17) is 0 Å². The van der Waals surface area contributed by atoms with Gasteiger partial charge >= 0.3 is 0 Å². The topological polar surface area (TPSA) is 15.3 Å². The summed E-state index contributed by atoms with van der Waals surface area (Å²) in [5, 5.41) is 3.57. The van der Waals surface area contributed by atoms with Crippen molar-refractivity contribution in [3.63, 3.8) is 0 Å². The van der Waals surface area contributed by atoms with E-state index >= 15 is 0 Å². The van der Waals surface area contributed by atoms with Gasteiger partial charge in [0.15, 0.2) is 0 Å². The molecule has 116 valence electrons. The Morgan fingerprint density at radius 1 is 1.00 bits per heavy atom. The fourth-order valence-corrected chi connectivity index (χ4v) is 3.45. The van der Waals surface area contributed by atoms with E-state index in [1.807, 2.05) is 0 Å². The summed E-state index contributed by atoms with van der Waals surface area (Å²) in [5.74, 6) is 0.783. The van der Waals surface area contributed by atoms with Crippen LogP contribution >= 0.6 is 15.9 Å². The molecule has 1 saturated heterocycles. The number of piperidine rings is 1. The van der Waals surface area contributed by atoms with Crippen molar-refractivity contribution in [1.82, 2.24) is 4.90 Å². The smallest absolute Gasteiger partial charge is 0.0351 e. The third-order valence-electron chi connectivity index (χ3n) is 4.38. The van der Waals surface area contributed by atoms with E-state index in [2.05, 4.69) is 80.7 Å². The molecule has 0 bridgehead atoms. The molecule has 1 heterocycles. The third kappa shape index (κ3) is 4.59. The zero-order chi connectivity index (χ0) is 15.2. The average Bonchev–Trinajstić information content (AvgIpc) is 2.55. The van der Waals surface area contributed by atoms with Crippen LogP contribution in [0.2, 0.25) is 0 Å². The van der Waals surface area contributed by atoms with Gasteiger partial charge in [-0.1, -0.05) is 52.3 Å². The monoisotopic (exact) mass is 358 g/mol. The average molecular weight is 359 g/mol. The van der Waals surface area contributed by atoms with Crippen LogP contribution in [0.25, 0.3) is 0 Å². The Hall–Kier alpha value is -1.32. The molecule has 2 aromatic rings. The van der Waals surface area contributed by atoms with Gasteiger partial charge in [0.2, 0.25) is 0 Å². The molecular weight excluding hydrogens is 336 g/mol. The lowest BCUT2D eigenvalue weighted by molar-refractivity contribution is 0.182. The molecule has 0 saturated carbocycles. The molecule has 1 aliphatic heterocycles. The molecule has 0 spiro atoms. The zero-order valence-electron chi connectivity index (χ0n) is 12.8. The minimum absolute atomic E-state index is 0.783. The first kappa shape index (κ1) is 15.6. The maximum Gasteiger partial charge on any atom is 0.0351 e. The number of rotatable bonds is 5. The molecule has 0 aliphatic carbocycles. The first-order valence-electron chi connectivity index (χ1n) is 8.05. The maximum absolute atomic E-state index is 3.57. The van der Waals surface area contributed by atoms with Crippen LogP contribution in [0.3, 0.4) is 0 Å². The van der Waals surface area contributed by atoms with Gasteiger partial charge in [0.25, 0.3) is 0 Å². The van der Waals surface area contributed by atoms with Crippen molar-refractivity contribution >= 4 is 21.6 Å². The maximum atomic E-state index is 3.57. The molecule has 2 nitrogen and oxygen atoms in total. The van der Waals surface area contributed by atoms with Gasteiger partial charge in [0, 0.05) is 23.2 Å². The molecule has 0 atom stereocenters. The molecule has 3 heteroatoms. The van der Waals surface area contributed by atoms with Crippen molar-refractivity contribution in [2.45, 2.75) is 19.4 Å². The van der Waals surface area contributed by atoms with Crippen LogP contribution < -0.4 is 5.32 Å². The number of halogens is 1. The standard InChI is InChI=1S/C19H23BrN2/c20-18-7-4-8-19(13-18)21-14-16-9-11-22(12-10-16)15-17-5-2-1-3-6-17/h1-8,13,16,21H,9-12,14-15H2. The van der Waals surface area contributed by atoms with Crippen molar-refractivity contribution in [1.29, 1.82) is 0 Å². The molecule has 1 fully saturated rings. The van der Waals surface area contributed by atoms with Crippen LogP contribution in [-0.2, 0) is 6.54 Å². The minimum atomic E-state index is 0.783. The molecule has 0 unspecified atom stereocenters. The van der Waals surface area contributed by atoms with Crippen molar-refractivity contribution < 1.29 is 0 Å². The SMILES string of the molecule is Brc1cccc(NCC2CCN(Cc3ccccc3)CC2)c1. The van der Waals surface area contributed by atoms with E-state index in [0.717, 1.165) is 23.5 Å². The fraction of sp³-hybridized carbons (Fsp3) is 0.368. The summed E-state index contributed by atoms with van der Waals surface area (Å²) >= 11 is 3.52. The van der Waals surface area contributed by atoms with Crippen molar-refractivity contribution in [3.05, 3.63) is 64.6 Å². The van der Waals surface area contributed by atoms with Crippen LogP contribution in [-0.4, -0.2) is 24.5 Å². The second-order valence-electron chi connectivity index (χ2n) is 6.10. The van der Waals surface area contributed by atoms with E-state index < -0.39 is 0 Å². The van der Waals surface area contributed by atoms with Gasteiger partial charge in [-0.05, 0) is 55.6 Å². The number of likely N-dealkylation sites (tertiary alicyclic amines) is 1. The van der Waals surface area contributed by atoms with Gasteiger partial charge in [0.05, 0.1) is 0 Å². The van der Waals surface area contributed by atoms with Gasteiger partial charge in [-0.15, -0.1) is 0 Å². The van der Waals surface area contributed by atoms with Crippen molar-refractivity contribution in [2.75, 3.05) is 25.0 Å². The summed E-state index contributed by atoms with van der Waals surface area (Å²) in [4.78, 5) is 2.57. The number of nitrogens with one attached hydrogen (secondary N) is 1. The molecule has 0 radical (unpaired) electrons. The first-order chi connectivity index (χ1) is 10.8. The predicted octanol–water partition coefficient (Wildman–Crippen LogP) is 4.77. The molecular formula is C19H23BrN2. The lowest BCUT2D eigenvalue weighted by Crippen LogP contribution is -2.35. The predicted molar refractivity (Wildman–Crippen MR) is 97.1 cm³/mol. The number of hydrogen-bond acceptors (Lipinski definition) is 2. The van der Waals surface area contributed by atoms with Crippen LogP contribution in [0.4, 0.5) is 5.69 Å². The van der Waals surface area contributed by atoms with Crippen LogP contribution in [0.1, 0.15) is 18.4 Å². The van der Waals surface area contributed by atoms with Crippen LogP contribution in [0.15, 0.2) is 59.1 Å². The molecule has 2 aromatic carbocycles. The van der Waals surface area contributed by atoms with E-state index in [0.29, 0.717) is 0 Å². The summed E-state index contributed by atoms with van der Waals surface area (Å²) in [6.45, 7) is 4.59. The highest BCUT2D eigenvalue weighted by Gasteiger charge is 2.18. The largest absolute Gasteiger partial charge is 0.385 e. The Kier molecular flexibility index (Phi) is 5.52. The van der Waals surface area contributed by atoms with Gasteiger partial charge in [0.1, 0.15) is 0 Å². The van der Waals surface area contributed by atoms with E-state index in [1.54, 1.807) is 0 Å². The van der Waals surface area contributed by atoms with Gasteiger partial charge in [-0.25, -0.2) is 0 Å². The molecule has 1 aliphatic rings. The fourth-order valence-electron chi connectivity index (χ4n) is 3.05. The number of anilines is 1. The van der Waals surface area contributed by atoms with Crippen LogP contribution in [0, 0.1) is 5.92 Å². The van der Waals surface area contributed by atoms with E-state index in [1.165, 1.54) is 37.2 Å². The molecule has 0 aromatic heterocycles. The minimum Gasteiger partial charge on any atom is -0.385 e. The third-order valence-corrected chi connectivity index (χ3v) is 4.87. The second kappa shape index (κ2) is 7.80. The van der Waals surface area contributed by atoms with Gasteiger partial charge < -0.3 is 5.32 Å². The van der Waals surface area contributed by atoms with Crippen LogP contribution in [0.5, 0.6) is 0 Å². The Balaban J connectivity index is 1.42. The Morgan fingerprint density at radius 3 is 2.50 bits per heavy atom. The summed E-state index contributed by atoms with van der Waals surface area (Å²) in [6, 6.07) is 19.2. The summed E-state index contributed by atoms with van der Waals surface area (Å²) in [6.07, 6.45) is 2.57. The van der Waals surface area contributed by atoms with Gasteiger partial charge in [-0.3, -0.25) is 4.90 Å². The normalized spacial score (nSPS) is 16.6. The quantitative estimate of drug-likeness (QED) is 0.827. The molecule has 0 amide bonds. The highest BCUT2D eigenvalue weighted by Crippen LogP contribution is 2.21. The highest BCUT2D eigenvalue weighted by molar-refractivity contribution is 9.10. The first-order valence-corrected chi connectivity index (χ1v) is 8.84. The van der Waals surface area contributed by atoms with Crippen molar-refractivity contribution in [2.24, 2.45) is 5.92 Å². The zero-order valence-corrected chi connectivity index (χ0v) is 14.4. The lowest BCUT2D eigenvalue weighted by atomic mass is 9.96. The van der Waals surface area contributed by atoms with E-state index in [9.17, 15) is 0 Å². The van der Waals surface area contributed by atoms with Gasteiger partial charge in [-0.2, -0.15) is 0 Å². The number of nitrogens with zero attached hydrogens (tertiary/aromatic N) is 1. The Labute approximate surface area is 141 Å².